The van der Waals surface area contributed by atoms with Gasteiger partial charge >= 0.3 is 0 Å². The van der Waals surface area contributed by atoms with Crippen LogP contribution in [-0.2, 0) is 0 Å². The maximum absolute atomic E-state index is 9.11. The van der Waals surface area contributed by atoms with E-state index in [1.165, 1.54) is 12.1 Å². The minimum Gasteiger partial charge on any atom is -0.508 e. The van der Waals surface area contributed by atoms with Crippen molar-refractivity contribution in [2.75, 3.05) is 0 Å². The third-order valence-corrected chi connectivity index (χ3v) is 1.77. The van der Waals surface area contributed by atoms with Crippen LogP contribution in [0.5, 0.6) is 5.75 Å². The van der Waals surface area contributed by atoms with E-state index in [-0.39, 0.29) is 11.6 Å². The van der Waals surface area contributed by atoms with Crippen LogP contribution < -0.4 is 5.73 Å². The number of aliphatic imine (C=N–C) groups is 1. The molecule has 4 heteroatoms. The Hall–Kier alpha value is -1.84. The van der Waals surface area contributed by atoms with Crippen molar-refractivity contribution in [3.05, 3.63) is 29.3 Å². The van der Waals surface area contributed by atoms with Crippen LogP contribution in [0.3, 0.4) is 0 Å². The molecular weight excluding hydrogens is 154 g/mol. The van der Waals surface area contributed by atoms with Crippen LogP contribution in [0.4, 0.5) is 0 Å². The van der Waals surface area contributed by atoms with Crippen LogP contribution in [0.1, 0.15) is 11.1 Å². The lowest BCUT2D eigenvalue weighted by Crippen LogP contribution is -2.09. The van der Waals surface area contributed by atoms with Gasteiger partial charge in [-0.3, -0.25) is 5.41 Å². The molecule has 0 saturated carbocycles. The number of rotatable bonds is 0. The van der Waals surface area contributed by atoms with Crippen LogP contribution in [-0.4, -0.2) is 16.8 Å². The molecule has 1 aliphatic heterocycles. The zero-order valence-electron chi connectivity index (χ0n) is 6.20. The van der Waals surface area contributed by atoms with E-state index < -0.39 is 0 Å². The number of hydrogen-bond donors (Lipinski definition) is 3. The molecule has 60 valence electrons. The van der Waals surface area contributed by atoms with E-state index >= 15 is 0 Å². The molecule has 12 heavy (non-hydrogen) atoms. The summed E-state index contributed by atoms with van der Waals surface area (Å²) in [6, 6.07) is 4.67. The van der Waals surface area contributed by atoms with Gasteiger partial charge in [-0.05, 0) is 18.2 Å². The first-order valence-electron chi connectivity index (χ1n) is 3.45. The van der Waals surface area contributed by atoms with Crippen LogP contribution in [0, 0.1) is 5.41 Å². The summed E-state index contributed by atoms with van der Waals surface area (Å²) in [6.45, 7) is 0. The van der Waals surface area contributed by atoms with Crippen LogP contribution in [0.2, 0.25) is 0 Å². The smallest absolute Gasteiger partial charge is 0.155 e. The molecule has 0 aliphatic carbocycles. The summed E-state index contributed by atoms with van der Waals surface area (Å²) in [6.07, 6.45) is 0. The molecule has 0 fully saturated rings. The molecule has 0 saturated heterocycles. The minimum absolute atomic E-state index is 0.110. The quantitative estimate of drug-likeness (QED) is 0.515. The van der Waals surface area contributed by atoms with Crippen molar-refractivity contribution >= 4 is 11.7 Å². The molecule has 0 unspecified atom stereocenters. The van der Waals surface area contributed by atoms with Crippen molar-refractivity contribution in [1.82, 2.24) is 0 Å². The Kier molecular flexibility index (Phi) is 1.18. The van der Waals surface area contributed by atoms with Crippen molar-refractivity contribution in [3.8, 4) is 5.75 Å². The van der Waals surface area contributed by atoms with E-state index in [1.807, 2.05) is 0 Å². The van der Waals surface area contributed by atoms with Gasteiger partial charge in [-0.1, -0.05) is 0 Å². The SMILES string of the molecule is N=C1N=C(N)c2ccc(O)cc21. The number of hydrogen-bond acceptors (Lipinski definition) is 3. The van der Waals surface area contributed by atoms with Gasteiger partial charge in [0.25, 0.3) is 0 Å². The highest BCUT2D eigenvalue weighted by atomic mass is 16.3. The molecular formula is C8H7N3O. The normalized spacial score (nSPS) is 14.3. The Morgan fingerprint density at radius 2 is 2.08 bits per heavy atom. The summed E-state index contributed by atoms with van der Waals surface area (Å²) in [4.78, 5) is 3.76. The van der Waals surface area contributed by atoms with Crippen LogP contribution in [0.25, 0.3) is 0 Å². The number of phenolic OH excluding ortho intramolecular Hbond substituents is 1. The highest BCUT2D eigenvalue weighted by molar-refractivity contribution is 6.20. The van der Waals surface area contributed by atoms with E-state index in [0.717, 1.165) is 5.56 Å². The molecule has 0 spiro atoms. The second-order valence-electron chi connectivity index (χ2n) is 2.58. The fourth-order valence-corrected chi connectivity index (χ4v) is 1.19. The zero-order chi connectivity index (χ0) is 8.72. The van der Waals surface area contributed by atoms with E-state index in [2.05, 4.69) is 4.99 Å². The van der Waals surface area contributed by atoms with Crippen LogP contribution in [0.15, 0.2) is 23.2 Å². The average Bonchev–Trinajstić information content (AvgIpc) is 2.28. The maximum atomic E-state index is 9.11. The van der Waals surface area contributed by atoms with E-state index in [0.29, 0.717) is 11.4 Å². The Morgan fingerprint density at radius 3 is 2.83 bits per heavy atom. The van der Waals surface area contributed by atoms with Crippen molar-refractivity contribution < 1.29 is 5.11 Å². The number of amidine groups is 2. The molecule has 0 aromatic heterocycles. The molecule has 4 nitrogen and oxygen atoms in total. The summed E-state index contributed by atoms with van der Waals surface area (Å²) < 4.78 is 0. The van der Waals surface area contributed by atoms with Crippen molar-refractivity contribution in [3.63, 3.8) is 0 Å². The summed E-state index contributed by atoms with van der Waals surface area (Å²) in [5, 5.41) is 16.5. The predicted octanol–water partition coefficient (Wildman–Crippen LogP) is 0.436. The van der Waals surface area contributed by atoms with Crippen molar-refractivity contribution in [2.45, 2.75) is 0 Å². The van der Waals surface area contributed by atoms with Gasteiger partial charge in [0.1, 0.15) is 11.6 Å². The first-order chi connectivity index (χ1) is 5.68. The number of nitrogens with one attached hydrogen (secondary N) is 1. The third-order valence-electron chi connectivity index (χ3n) is 1.77. The van der Waals surface area contributed by atoms with Crippen molar-refractivity contribution in [1.29, 1.82) is 5.41 Å². The molecule has 1 heterocycles. The van der Waals surface area contributed by atoms with Gasteiger partial charge in [-0.25, -0.2) is 4.99 Å². The molecule has 0 bridgehead atoms. The lowest BCUT2D eigenvalue weighted by Gasteiger charge is -1.98. The fourth-order valence-electron chi connectivity index (χ4n) is 1.19. The van der Waals surface area contributed by atoms with Crippen LogP contribution >= 0.6 is 0 Å². The number of benzene rings is 1. The molecule has 1 aliphatic rings. The summed E-state index contributed by atoms with van der Waals surface area (Å²) >= 11 is 0. The van der Waals surface area contributed by atoms with Gasteiger partial charge in [0, 0.05) is 11.1 Å². The third kappa shape index (κ3) is 0.780. The lowest BCUT2D eigenvalue weighted by molar-refractivity contribution is 0.475. The van der Waals surface area contributed by atoms with Gasteiger partial charge in [-0.2, -0.15) is 0 Å². The van der Waals surface area contributed by atoms with Gasteiger partial charge in [-0.15, -0.1) is 0 Å². The molecule has 0 atom stereocenters. The monoisotopic (exact) mass is 161 g/mol. The second kappa shape index (κ2) is 2.07. The summed E-state index contributed by atoms with van der Waals surface area (Å²) in [5.74, 6) is 0.580. The average molecular weight is 161 g/mol. The molecule has 4 N–H and O–H groups in total. The summed E-state index contributed by atoms with van der Waals surface area (Å²) in [7, 11) is 0. The second-order valence-corrected chi connectivity index (χ2v) is 2.58. The highest BCUT2D eigenvalue weighted by Gasteiger charge is 2.17. The van der Waals surface area contributed by atoms with E-state index in [9.17, 15) is 0 Å². The molecule has 2 rings (SSSR count). The standard InChI is InChI=1S/C8H7N3O/c9-7-5-2-1-4(12)3-6(5)8(10)11-7/h1-3,12H,(H3,9,10,11). The predicted molar refractivity (Wildman–Crippen MR) is 45.7 cm³/mol. The maximum Gasteiger partial charge on any atom is 0.155 e. The minimum atomic E-state index is 0.110. The number of nitrogens with zero attached hydrogens (tertiary/aromatic N) is 1. The van der Waals surface area contributed by atoms with Gasteiger partial charge in [0.2, 0.25) is 0 Å². The number of phenols is 1. The Labute approximate surface area is 68.9 Å². The number of aromatic hydroxyl groups is 1. The Balaban J connectivity index is 2.68. The number of nitrogens with two attached hydrogens (primary N) is 1. The Morgan fingerprint density at radius 1 is 1.33 bits per heavy atom. The summed E-state index contributed by atoms with van der Waals surface area (Å²) in [5.41, 5.74) is 6.82. The first-order valence-corrected chi connectivity index (χ1v) is 3.45. The molecule has 1 aromatic rings. The molecule has 0 radical (unpaired) electrons. The van der Waals surface area contributed by atoms with Crippen molar-refractivity contribution in [2.24, 2.45) is 10.7 Å². The topological polar surface area (TPSA) is 82.5 Å². The lowest BCUT2D eigenvalue weighted by atomic mass is 10.1. The molecule has 0 amide bonds. The molecule has 1 aromatic carbocycles. The largest absolute Gasteiger partial charge is 0.508 e. The van der Waals surface area contributed by atoms with E-state index in [4.69, 9.17) is 16.2 Å². The highest BCUT2D eigenvalue weighted by Crippen LogP contribution is 2.21. The first kappa shape index (κ1) is 6.84. The van der Waals surface area contributed by atoms with E-state index in [1.54, 1.807) is 6.07 Å². The Bertz CT molecular complexity index is 395. The fraction of sp³-hybridized carbons (Fsp3) is 0. The zero-order valence-corrected chi connectivity index (χ0v) is 6.20. The van der Waals surface area contributed by atoms with Gasteiger partial charge in [0.15, 0.2) is 5.84 Å². The number of fused-ring (bicyclic) bond motifs is 1. The van der Waals surface area contributed by atoms with Gasteiger partial charge in [0.05, 0.1) is 0 Å². The van der Waals surface area contributed by atoms with Gasteiger partial charge < -0.3 is 10.8 Å².